The van der Waals surface area contributed by atoms with E-state index in [0.29, 0.717) is 30.6 Å². The third kappa shape index (κ3) is 5.25. The first kappa shape index (κ1) is 23.7. The highest BCUT2D eigenvalue weighted by Gasteiger charge is 2.29. The number of primary amides is 1. The number of halogens is 1. The van der Waals surface area contributed by atoms with Gasteiger partial charge in [0, 0.05) is 50.5 Å². The van der Waals surface area contributed by atoms with E-state index in [-0.39, 0.29) is 35.3 Å². The van der Waals surface area contributed by atoms with Gasteiger partial charge in [0.2, 0.25) is 15.9 Å². The first-order valence-electron chi connectivity index (χ1n) is 10.2. The maximum Gasteiger partial charge on any atom is 0.253 e. The number of likely N-dealkylation sites (tertiary alicyclic amines) is 1. The molecule has 0 saturated carbocycles. The smallest absolute Gasteiger partial charge is 0.253 e. The molecule has 0 aromatic heterocycles. The quantitative estimate of drug-likeness (QED) is 0.654. The summed E-state index contributed by atoms with van der Waals surface area (Å²) in [6, 6.07) is 10.5. The van der Waals surface area contributed by atoms with E-state index in [4.69, 9.17) is 5.73 Å². The molecule has 8 nitrogen and oxygen atoms in total. The number of sulfonamides is 1. The van der Waals surface area contributed by atoms with E-state index >= 15 is 0 Å². The van der Waals surface area contributed by atoms with E-state index < -0.39 is 21.8 Å². The zero-order valence-electron chi connectivity index (χ0n) is 18.0. The van der Waals surface area contributed by atoms with Crippen LogP contribution in [-0.4, -0.2) is 56.6 Å². The minimum Gasteiger partial charge on any atom is -0.381 e. The van der Waals surface area contributed by atoms with E-state index in [1.165, 1.54) is 43.3 Å². The number of hydrogen-bond donors (Lipinski definition) is 2. The van der Waals surface area contributed by atoms with Crippen molar-refractivity contribution in [1.82, 2.24) is 9.21 Å². The molecule has 32 heavy (non-hydrogen) atoms. The highest BCUT2D eigenvalue weighted by molar-refractivity contribution is 7.89. The summed E-state index contributed by atoms with van der Waals surface area (Å²) in [6.07, 6.45) is 1.25. The lowest BCUT2D eigenvalue weighted by molar-refractivity contribution is -0.123. The highest BCUT2D eigenvalue weighted by atomic mass is 32.2. The van der Waals surface area contributed by atoms with E-state index in [9.17, 15) is 22.4 Å². The van der Waals surface area contributed by atoms with Gasteiger partial charge in [-0.05, 0) is 37.1 Å². The molecule has 3 N–H and O–H groups in total. The summed E-state index contributed by atoms with van der Waals surface area (Å²) < 4.78 is 40.5. The highest BCUT2D eigenvalue weighted by Crippen LogP contribution is 2.25. The molecule has 1 atom stereocenters. The van der Waals surface area contributed by atoms with Gasteiger partial charge in [-0.25, -0.2) is 17.1 Å². The molecule has 0 bridgehead atoms. The lowest BCUT2D eigenvalue weighted by Crippen LogP contribution is -2.44. The van der Waals surface area contributed by atoms with Gasteiger partial charge in [-0.15, -0.1) is 0 Å². The average Bonchev–Trinajstić information content (AvgIpc) is 2.77. The summed E-state index contributed by atoms with van der Waals surface area (Å²) in [5.74, 6) is -1.67. The normalized spacial score (nSPS) is 16.8. The second kappa shape index (κ2) is 9.66. The Bertz CT molecular complexity index is 1120. The minimum absolute atomic E-state index is 0.0622. The Kier molecular flexibility index (Phi) is 7.15. The van der Waals surface area contributed by atoms with Crippen molar-refractivity contribution in [3.05, 3.63) is 59.4 Å². The second-order valence-corrected chi connectivity index (χ2v) is 10.1. The van der Waals surface area contributed by atoms with Crippen LogP contribution in [0.25, 0.3) is 0 Å². The van der Waals surface area contributed by atoms with Crippen LogP contribution in [0.4, 0.5) is 10.1 Å². The number of hydrogen-bond acceptors (Lipinski definition) is 5. The van der Waals surface area contributed by atoms with Crippen LogP contribution in [-0.2, 0) is 21.4 Å². The second-order valence-electron chi connectivity index (χ2n) is 7.97. The molecule has 172 valence electrons. The number of amides is 2. The number of nitrogens with one attached hydrogen (secondary N) is 1. The molecule has 2 amide bonds. The molecule has 1 fully saturated rings. The van der Waals surface area contributed by atoms with E-state index in [0.717, 1.165) is 4.31 Å². The van der Waals surface area contributed by atoms with Gasteiger partial charge in [-0.1, -0.05) is 18.2 Å². The minimum atomic E-state index is -3.83. The van der Waals surface area contributed by atoms with Crippen LogP contribution in [0.5, 0.6) is 0 Å². The van der Waals surface area contributed by atoms with Crippen molar-refractivity contribution in [2.75, 3.05) is 32.5 Å². The van der Waals surface area contributed by atoms with Crippen molar-refractivity contribution in [3.63, 3.8) is 0 Å². The van der Waals surface area contributed by atoms with Crippen LogP contribution in [0.1, 0.15) is 28.8 Å². The van der Waals surface area contributed by atoms with E-state index in [1.54, 1.807) is 18.2 Å². The molecule has 10 heteroatoms. The van der Waals surface area contributed by atoms with Gasteiger partial charge in [0.25, 0.3) is 5.91 Å². The summed E-state index contributed by atoms with van der Waals surface area (Å²) in [5.41, 5.74) is 6.34. The van der Waals surface area contributed by atoms with Crippen LogP contribution in [0.2, 0.25) is 0 Å². The van der Waals surface area contributed by atoms with Crippen LogP contribution < -0.4 is 11.1 Å². The summed E-state index contributed by atoms with van der Waals surface area (Å²) in [6.45, 7) is 0.751. The van der Waals surface area contributed by atoms with Crippen LogP contribution in [0, 0.1) is 11.7 Å². The van der Waals surface area contributed by atoms with Crippen LogP contribution in [0.15, 0.2) is 47.4 Å². The molecule has 1 unspecified atom stereocenters. The molecule has 1 aliphatic rings. The molecule has 2 aromatic carbocycles. The Labute approximate surface area is 187 Å². The van der Waals surface area contributed by atoms with Crippen LogP contribution in [0.3, 0.4) is 0 Å². The molecule has 0 radical (unpaired) electrons. The number of carbonyl (C=O) groups excluding carboxylic acids is 2. The van der Waals surface area contributed by atoms with Gasteiger partial charge < -0.3 is 16.0 Å². The molecule has 2 aromatic rings. The summed E-state index contributed by atoms with van der Waals surface area (Å²) in [7, 11) is -1.02. The molecular formula is C22H27FN4O4S. The first-order valence-corrected chi connectivity index (χ1v) is 11.7. The standard InChI is InChI=1S/C22H27FN4O4S/c1-26(2)32(30,31)19-11-17(22(29)27-9-5-7-16(14-27)21(24)28)10-18(12-19)25-13-15-6-3-4-8-20(15)23/h3-4,6,8,10-12,16,25H,5,7,9,13-14H2,1-2H3,(H2,24,28). The fourth-order valence-electron chi connectivity index (χ4n) is 3.60. The summed E-state index contributed by atoms with van der Waals surface area (Å²) in [5, 5.41) is 3.01. The van der Waals surface area contributed by atoms with E-state index in [2.05, 4.69) is 5.32 Å². The Morgan fingerprint density at radius 3 is 2.59 bits per heavy atom. The fourth-order valence-corrected chi connectivity index (χ4v) is 4.57. The van der Waals surface area contributed by atoms with E-state index in [1.807, 2.05) is 0 Å². The molecule has 1 heterocycles. The van der Waals surface area contributed by atoms with Gasteiger partial charge in [-0.2, -0.15) is 0 Å². The number of piperidine rings is 1. The zero-order chi connectivity index (χ0) is 23.5. The predicted octanol–water partition coefficient (Wildman–Crippen LogP) is 2.03. The average molecular weight is 463 g/mol. The van der Waals surface area contributed by atoms with Gasteiger partial charge >= 0.3 is 0 Å². The monoisotopic (exact) mass is 462 g/mol. The first-order chi connectivity index (χ1) is 15.1. The molecule has 3 rings (SSSR count). The van der Waals surface area contributed by atoms with Crippen LogP contribution >= 0.6 is 0 Å². The molecule has 1 aliphatic heterocycles. The third-order valence-corrected chi connectivity index (χ3v) is 7.28. The molecule has 0 spiro atoms. The number of benzene rings is 2. The zero-order valence-corrected chi connectivity index (χ0v) is 18.9. The number of anilines is 1. The lowest BCUT2D eigenvalue weighted by atomic mass is 9.97. The SMILES string of the molecule is CN(C)S(=O)(=O)c1cc(NCc2ccccc2F)cc(C(=O)N2CCCC(C(N)=O)C2)c1. The summed E-state index contributed by atoms with van der Waals surface area (Å²) in [4.78, 5) is 26.2. The predicted molar refractivity (Wildman–Crippen MR) is 119 cm³/mol. The van der Waals surface area contributed by atoms with Crippen molar-refractivity contribution < 1.29 is 22.4 Å². The third-order valence-electron chi connectivity index (χ3n) is 5.48. The van der Waals surface area contributed by atoms with Crippen molar-refractivity contribution in [2.24, 2.45) is 11.7 Å². The van der Waals surface area contributed by atoms with Crippen molar-refractivity contribution in [2.45, 2.75) is 24.3 Å². The van der Waals surface area contributed by atoms with Crippen molar-refractivity contribution in [1.29, 1.82) is 0 Å². The Morgan fingerprint density at radius 2 is 1.94 bits per heavy atom. The number of nitrogens with zero attached hydrogens (tertiary/aromatic N) is 2. The fraction of sp³-hybridized carbons (Fsp3) is 0.364. The maximum atomic E-state index is 14.0. The molecule has 1 saturated heterocycles. The van der Waals surface area contributed by atoms with Crippen molar-refractivity contribution in [3.8, 4) is 0 Å². The Balaban J connectivity index is 1.94. The largest absolute Gasteiger partial charge is 0.381 e. The van der Waals surface area contributed by atoms with Gasteiger partial charge in [0.05, 0.1) is 10.8 Å². The number of nitrogens with two attached hydrogens (primary N) is 1. The Hall–Kier alpha value is -2.98. The van der Waals surface area contributed by atoms with Gasteiger partial charge in [0.15, 0.2) is 0 Å². The number of carbonyl (C=O) groups is 2. The maximum absolute atomic E-state index is 14.0. The molecule has 0 aliphatic carbocycles. The lowest BCUT2D eigenvalue weighted by Gasteiger charge is -2.31. The van der Waals surface area contributed by atoms with Gasteiger partial charge in [0.1, 0.15) is 5.82 Å². The van der Waals surface area contributed by atoms with Crippen molar-refractivity contribution >= 4 is 27.5 Å². The molecular weight excluding hydrogens is 435 g/mol. The number of rotatable bonds is 7. The Morgan fingerprint density at radius 1 is 1.22 bits per heavy atom. The topological polar surface area (TPSA) is 113 Å². The summed E-state index contributed by atoms with van der Waals surface area (Å²) >= 11 is 0. The van der Waals surface area contributed by atoms with Gasteiger partial charge in [-0.3, -0.25) is 9.59 Å².